The molecule has 0 saturated carbocycles. The summed E-state index contributed by atoms with van der Waals surface area (Å²) in [6.45, 7) is 1.62. The maximum Gasteiger partial charge on any atom is 0.282 e. The highest BCUT2D eigenvalue weighted by Gasteiger charge is 2.41. The highest BCUT2D eigenvalue weighted by Crippen LogP contribution is 2.31. The van der Waals surface area contributed by atoms with E-state index in [1.165, 1.54) is 18.2 Å². The number of aromatic nitrogens is 2. The van der Waals surface area contributed by atoms with Gasteiger partial charge in [0.15, 0.2) is 5.82 Å². The van der Waals surface area contributed by atoms with E-state index in [4.69, 9.17) is 4.52 Å². The number of nitro groups is 1. The third-order valence-corrected chi connectivity index (χ3v) is 3.29. The van der Waals surface area contributed by atoms with Gasteiger partial charge in [-0.25, -0.2) is 0 Å². The molecule has 0 aliphatic carbocycles. The lowest BCUT2D eigenvalue weighted by Gasteiger charge is -2.09. The van der Waals surface area contributed by atoms with Crippen LogP contribution in [-0.4, -0.2) is 31.8 Å². The van der Waals surface area contributed by atoms with Crippen molar-refractivity contribution >= 4 is 17.5 Å². The first-order valence-corrected chi connectivity index (χ1v) is 6.48. The molecule has 3 rings (SSSR count). The number of aryl methyl sites for hydroxylation is 1. The maximum atomic E-state index is 12.3. The number of benzene rings is 1. The summed E-state index contributed by atoms with van der Waals surface area (Å²) in [7, 11) is 0. The van der Waals surface area contributed by atoms with Gasteiger partial charge in [0.25, 0.3) is 17.5 Å². The Morgan fingerprint density at radius 3 is 2.73 bits per heavy atom. The van der Waals surface area contributed by atoms with Crippen LogP contribution < -0.4 is 0 Å². The Balaban J connectivity index is 1.96. The predicted octanol–water partition coefficient (Wildman–Crippen LogP) is 1.34. The molecule has 0 fully saturated rings. The molecule has 9 nitrogen and oxygen atoms in total. The van der Waals surface area contributed by atoms with Crippen LogP contribution in [-0.2, 0) is 13.0 Å². The molecule has 2 amide bonds. The zero-order valence-electron chi connectivity index (χ0n) is 11.5. The van der Waals surface area contributed by atoms with Crippen LogP contribution >= 0.6 is 0 Å². The molecular formula is C13H10N4O5. The summed E-state index contributed by atoms with van der Waals surface area (Å²) in [5, 5.41) is 14.7. The Morgan fingerprint density at radius 2 is 2.09 bits per heavy atom. The summed E-state index contributed by atoms with van der Waals surface area (Å²) in [5.74, 6) is -0.782. The molecule has 9 heteroatoms. The molecule has 2 heterocycles. The third-order valence-electron chi connectivity index (χ3n) is 3.29. The second-order valence-electron chi connectivity index (χ2n) is 4.61. The van der Waals surface area contributed by atoms with Crippen LogP contribution in [0.1, 0.15) is 39.4 Å². The van der Waals surface area contributed by atoms with Crippen molar-refractivity contribution in [2.45, 2.75) is 19.9 Å². The lowest BCUT2D eigenvalue weighted by Crippen LogP contribution is -2.29. The number of rotatable bonds is 4. The molecule has 0 unspecified atom stereocenters. The van der Waals surface area contributed by atoms with Crippen LogP contribution in [0.5, 0.6) is 0 Å². The van der Waals surface area contributed by atoms with E-state index in [-0.39, 0.29) is 23.6 Å². The second-order valence-corrected chi connectivity index (χ2v) is 4.61. The van der Waals surface area contributed by atoms with Crippen molar-refractivity contribution in [3.63, 3.8) is 0 Å². The summed E-state index contributed by atoms with van der Waals surface area (Å²) in [6, 6.07) is 3.94. The molecule has 112 valence electrons. The second kappa shape index (κ2) is 5.02. The van der Waals surface area contributed by atoms with Gasteiger partial charge in [-0.05, 0) is 6.07 Å². The highest BCUT2D eigenvalue weighted by atomic mass is 16.6. The Kier molecular flexibility index (Phi) is 3.17. The molecule has 1 aliphatic rings. The zero-order valence-corrected chi connectivity index (χ0v) is 11.5. The van der Waals surface area contributed by atoms with Gasteiger partial charge in [0.2, 0.25) is 5.89 Å². The van der Waals surface area contributed by atoms with Crippen LogP contribution in [0.4, 0.5) is 5.69 Å². The molecule has 0 saturated heterocycles. The van der Waals surface area contributed by atoms with Gasteiger partial charge in [0, 0.05) is 12.5 Å². The van der Waals surface area contributed by atoms with Gasteiger partial charge in [-0.1, -0.05) is 18.1 Å². The van der Waals surface area contributed by atoms with Crippen molar-refractivity contribution in [3.8, 4) is 0 Å². The summed E-state index contributed by atoms with van der Waals surface area (Å²) in [4.78, 5) is 39.8. The number of carbonyl (C=O) groups is 2. The van der Waals surface area contributed by atoms with Gasteiger partial charge in [-0.3, -0.25) is 24.6 Å². The number of imide groups is 1. The minimum Gasteiger partial charge on any atom is -0.337 e. The summed E-state index contributed by atoms with van der Waals surface area (Å²) in [5.41, 5.74) is -0.583. The number of amides is 2. The Labute approximate surface area is 123 Å². The van der Waals surface area contributed by atoms with E-state index < -0.39 is 22.4 Å². The van der Waals surface area contributed by atoms with Crippen molar-refractivity contribution < 1.29 is 19.0 Å². The summed E-state index contributed by atoms with van der Waals surface area (Å²) >= 11 is 0. The molecule has 1 aromatic heterocycles. The minimum absolute atomic E-state index is 0.00873. The van der Waals surface area contributed by atoms with E-state index in [1.54, 1.807) is 0 Å². The molecule has 0 spiro atoms. The monoisotopic (exact) mass is 302 g/mol. The molecular weight excluding hydrogens is 292 g/mol. The quantitative estimate of drug-likeness (QED) is 0.474. The fourth-order valence-corrected chi connectivity index (χ4v) is 2.24. The van der Waals surface area contributed by atoms with Crippen LogP contribution in [0.2, 0.25) is 0 Å². The molecule has 2 aromatic rings. The Bertz CT molecular complexity index is 797. The average Bonchev–Trinajstić information content (AvgIpc) is 3.06. The van der Waals surface area contributed by atoms with Gasteiger partial charge in [-0.2, -0.15) is 4.98 Å². The first-order chi connectivity index (χ1) is 10.5. The first kappa shape index (κ1) is 13.9. The predicted molar refractivity (Wildman–Crippen MR) is 71.0 cm³/mol. The molecule has 1 aliphatic heterocycles. The van der Waals surface area contributed by atoms with E-state index in [0.717, 1.165) is 4.90 Å². The van der Waals surface area contributed by atoms with Crippen LogP contribution in [0.25, 0.3) is 0 Å². The normalized spacial score (nSPS) is 13.6. The lowest BCUT2D eigenvalue weighted by molar-refractivity contribution is -0.385. The molecule has 0 radical (unpaired) electrons. The third kappa shape index (κ3) is 2.03. The van der Waals surface area contributed by atoms with Gasteiger partial charge in [-0.15, -0.1) is 0 Å². The van der Waals surface area contributed by atoms with E-state index in [2.05, 4.69) is 10.1 Å². The average molecular weight is 302 g/mol. The number of nitro benzene ring substituents is 1. The van der Waals surface area contributed by atoms with Crippen molar-refractivity contribution in [1.29, 1.82) is 0 Å². The van der Waals surface area contributed by atoms with Crippen LogP contribution in [0, 0.1) is 10.1 Å². The van der Waals surface area contributed by atoms with Gasteiger partial charge in [0.1, 0.15) is 12.1 Å². The largest absolute Gasteiger partial charge is 0.337 e. The number of nitrogens with zero attached hydrogens (tertiary/aromatic N) is 4. The van der Waals surface area contributed by atoms with Gasteiger partial charge in [0.05, 0.1) is 10.5 Å². The smallest absolute Gasteiger partial charge is 0.282 e. The highest BCUT2D eigenvalue weighted by molar-refractivity contribution is 6.23. The molecule has 22 heavy (non-hydrogen) atoms. The number of hydrogen-bond donors (Lipinski definition) is 0. The topological polar surface area (TPSA) is 119 Å². The van der Waals surface area contributed by atoms with Crippen molar-refractivity contribution in [1.82, 2.24) is 15.0 Å². The van der Waals surface area contributed by atoms with Crippen LogP contribution in [0.3, 0.4) is 0 Å². The SMILES string of the molecule is CCc1noc(CN2C(=O)c3cccc([N+](=O)[O-])c3C2=O)n1. The molecule has 0 atom stereocenters. The van der Waals surface area contributed by atoms with E-state index in [9.17, 15) is 19.7 Å². The summed E-state index contributed by atoms with van der Waals surface area (Å²) < 4.78 is 4.95. The Hall–Kier alpha value is -3.10. The number of carbonyl (C=O) groups excluding carboxylic acids is 2. The van der Waals surface area contributed by atoms with E-state index in [1.807, 2.05) is 6.92 Å². The van der Waals surface area contributed by atoms with E-state index in [0.29, 0.717) is 12.2 Å². The van der Waals surface area contributed by atoms with Crippen LogP contribution in [0.15, 0.2) is 22.7 Å². The van der Waals surface area contributed by atoms with E-state index >= 15 is 0 Å². The standard InChI is InChI=1S/C13H10N4O5/c1-2-9-14-10(22-15-9)6-16-12(18)7-4-3-5-8(17(20)21)11(7)13(16)19/h3-5H,2,6H2,1H3. The van der Waals surface area contributed by atoms with Crippen molar-refractivity contribution in [2.24, 2.45) is 0 Å². The zero-order chi connectivity index (χ0) is 15.9. The number of hydrogen-bond acceptors (Lipinski definition) is 7. The fraction of sp³-hybridized carbons (Fsp3) is 0.231. The summed E-state index contributed by atoms with van der Waals surface area (Å²) in [6.07, 6.45) is 0.553. The fourth-order valence-electron chi connectivity index (χ4n) is 2.24. The molecule has 0 bridgehead atoms. The minimum atomic E-state index is -0.733. The van der Waals surface area contributed by atoms with Crippen molar-refractivity contribution in [3.05, 3.63) is 51.2 Å². The van der Waals surface area contributed by atoms with Gasteiger partial charge < -0.3 is 4.52 Å². The molecule has 1 aromatic carbocycles. The number of fused-ring (bicyclic) bond motifs is 1. The van der Waals surface area contributed by atoms with Gasteiger partial charge >= 0.3 is 0 Å². The Morgan fingerprint density at radius 1 is 1.32 bits per heavy atom. The maximum absolute atomic E-state index is 12.3. The lowest BCUT2D eigenvalue weighted by atomic mass is 10.1. The molecule has 0 N–H and O–H groups in total. The van der Waals surface area contributed by atoms with Crippen molar-refractivity contribution in [2.75, 3.05) is 0 Å². The first-order valence-electron chi connectivity index (χ1n) is 6.48.